The number of rotatable bonds is 9. The first-order chi connectivity index (χ1) is 11.9. The molecule has 2 rings (SSSR count). The Hall–Kier alpha value is -1.64. The molecule has 8 heteroatoms. The zero-order valence-electron chi connectivity index (χ0n) is 14.3. The van der Waals surface area contributed by atoms with Crippen molar-refractivity contribution in [1.82, 2.24) is 9.88 Å². The normalized spacial score (nSPS) is 11.5. The van der Waals surface area contributed by atoms with Crippen LogP contribution in [0.1, 0.15) is 12.0 Å². The molecular formula is C17H22BrN3O3S. The minimum atomic E-state index is -3.57. The molecule has 0 amide bonds. The van der Waals surface area contributed by atoms with Gasteiger partial charge in [0.05, 0.1) is 12.4 Å². The zero-order valence-corrected chi connectivity index (χ0v) is 16.7. The third-order valence-electron chi connectivity index (χ3n) is 3.27. The second-order valence-corrected chi connectivity index (χ2v) is 8.50. The van der Waals surface area contributed by atoms with Crippen molar-refractivity contribution in [2.75, 3.05) is 32.0 Å². The van der Waals surface area contributed by atoms with Crippen molar-refractivity contribution in [3.63, 3.8) is 0 Å². The number of hydrogen-bond acceptors (Lipinski definition) is 5. The molecule has 0 aliphatic carbocycles. The molecule has 0 bridgehead atoms. The third-order valence-corrected chi connectivity index (χ3v) is 4.95. The lowest BCUT2D eigenvalue weighted by atomic mass is 10.2. The molecule has 0 spiro atoms. The molecule has 1 N–H and O–H groups in total. The number of nitrogens with zero attached hydrogens (tertiary/aromatic N) is 2. The largest absolute Gasteiger partial charge is 0.476 e. The standard InChI is InChI=1S/C17H22BrN3O3S/c1-21(2)9-6-10-24-17-16(11-15(18)12-19-17)20-25(22,23)13-14-7-4-3-5-8-14/h3-5,7-8,11-12,20H,6,9-10,13H2,1-2H3. The van der Waals surface area contributed by atoms with Gasteiger partial charge in [0.2, 0.25) is 15.9 Å². The molecule has 0 saturated heterocycles. The van der Waals surface area contributed by atoms with Crippen molar-refractivity contribution in [2.45, 2.75) is 12.2 Å². The van der Waals surface area contributed by atoms with Gasteiger partial charge in [-0.25, -0.2) is 13.4 Å². The van der Waals surface area contributed by atoms with E-state index in [2.05, 4.69) is 30.5 Å². The lowest BCUT2D eigenvalue weighted by Crippen LogP contribution is -2.18. The van der Waals surface area contributed by atoms with E-state index in [1.54, 1.807) is 24.4 Å². The molecule has 0 unspecified atom stereocenters. The highest BCUT2D eigenvalue weighted by atomic mass is 79.9. The summed E-state index contributed by atoms with van der Waals surface area (Å²) in [5.41, 5.74) is 1.04. The summed E-state index contributed by atoms with van der Waals surface area (Å²) >= 11 is 3.31. The van der Waals surface area contributed by atoms with Crippen LogP contribution in [0.25, 0.3) is 0 Å². The average molecular weight is 428 g/mol. The summed E-state index contributed by atoms with van der Waals surface area (Å²) in [5.74, 6) is 0.166. The van der Waals surface area contributed by atoms with Crippen LogP contribution in [0.3, 0.4) is 0 Å². The average Bonchev–Trinajstić information content (AvgIpc) is 2.53. The highest BCUT2D eigenvalue weighted by molar-refractivity contribution is 9.10. The first kappa shape index (κ1) is 19.7. The van der Waals surface area contributed by atoms with E-state index in [0.717, 1.165) is 13.0 Å². The minimum absolute atomic E-state index is 0.111. The molecule has 2 aromatic rings. The van der Waals surface area contributed by atoms with Gasteiger partial charge >= 0.3 is 0 Å². The topological polar surface area (TPSA) is 71.5 Å². The van der Waals surface area contributed by atoms with E-state index in [1.807, 2.05) is 32.3 Å². The first-order valence-corrected chi connectivity index (χ1v) is 10.3. The molecule has 0 radical (unpaired) electrons. The van der Waals surface area contributed by atoms with E-state index in [0.29, 0.717) is 22.3 Å². The second-order valence-electron chi connectivity index (χ2n) is 5.86. The molecule has 1 aromatic carbocycles. The number of aromatic nitrogens is 1. The van der Waals surface area contributed by atoms with Crippen LogP contribution in [0.4, 0.5) is 5.69 Å². The van der Waals surface area contributed by atoms with Gasteiger partial charge in [-0.1, -0.05) is 30.3 Å². The van der Waals surface area contributed by atoms with Gasteiger partial charge in [-0.05, 0) is 48.1 Å². The molecule has 0 aliphatic heterocycles. The third kappa shape index (κ3) is 7.01. The minimum Gasteiger partial charge on any atom is -0.476 e. The van der Waals surface area contributed by atoms with Crippen molar-refractivity contribution in [3.8, 4) is 5.88 Å². The number of sulfonamides is 1. The summed E-state index contributed by atoms with van der Waals surface area (Å²) in [6.45, 7) is 1.34. The lowest BCUT2D eigenvalue weighted by molar-refractivity contribution is 0.274. The maximum Gasteiger partial charge on any atom is 0.238 e. The molecule has 0 aliphatic rings. The van der Waals surface area contributed by atoms with Gasteiger partial charge in [0.25, 0.3) is 0 Å². The van der Waals surface area contributed by atoms with Crippen LogP contribution in [-0.2, 0) is 15.8 Å². The Balaban J connectivity index is 2.07. The van der Waals surface area contributed by atoms with Crippen LogP contribution in [0.5, 0.6) is 5.88 Å². The van der Waals surface area contributed by atoms with Crippen LogP contribution < -0.4 is 9.46 Å². The quantitative estimate of drug-likeness (QED) is 0.622. The number of nitrogens with one attached hydrogen (secondary N) is 1. The Bertz CT molecular complexity index is 783. The smallest absolute Gasteiger partial charge is 0.238 e. The number of ether oxygens (including phenoxy) is 1. The van der Waals surface area contributed by atoms with Gasteiger partial charge in [0.1, 0.15) is 5.69 Å². The van der Waals surface area contributed by atoms with E-state index in [-0.39, 0.29) is 11.6 Å². The summed E-state index contributed by atoms with van der Waals surface area (Å²) < 4.78 is 33.8. The number of pyridine rings is 1. The number of anilines is 1. The van der Waals surface area contributed by atoms with Gasteiger partial charge in [-0.3, -0.25) is 4.72 Å². The van der Waals surface area contributed by atoms with E-state index in [1.165, 1.54) is 0 Å². The zero-order chi connectivity index (χ0) is 18.3. The molecule has 1 heterocycles. The van der Waals surface area contributed by atoms with E-state index >= 15 is 0 Å². The molecule has 0 fully saturated rings. The highest BCUT2D eigenvalue weighted by Gasteiger charge is 2.16. The Morgan fingerprint density at radius 2 is 1.96 bits per heavy atom. The fraction of sp³-hybridized carbons (Fsp3) is 0.353. The summed E-state index contributed by atoms with van der Waals surface area (Å²) in [6.07, 6.45) is 2.40. The maximum atomic E-state index is 12.4. The van der Waals surface area contributed by atoms with Gasteiger partial charge in [0, 0.05) is 17.2 Å². The lowest BCUT2D eigenvalue weighted by Gasteiger charge is -2.14. The fourth-order valence-corrected chi connectivity index (χ4v) is 3.68. The van der Waals surface area contributed by atoms with Crippen molar-refractivity contribution in [1.29, 1.82) is 0 Å². The Morgan fingerprint density at radius 3 is 2.64 bits per heavy atom. The van der Waals surface area contributed by atoms with Crippen molar-refractivity contribution in [3.05, 3.63) is 52.6 Å². The fourth-order valence-electron chi connectivity index (χ4n) is 2.16. The van der Waals surface area contributed by atoms with Gasteiger partial charge < -0.3 is 9.64 Å². The van der Waals surface area contributed by atoms with Gasteiger partial charge in [-0.15, -0.1) is 0 Å². The molecule has 1 aromatic heterocycles. The monoisotopic (exact) mass is 427 g/mol. The second kappa shape index (κ2) is 9.17. The van der Waals surface area contributed by atoms with E-state index < -0.39 is 10.0 Å². The maximum absolute atomic E-state index is 12.4. The van der Waals surface area contributed by atoms with Gasteiger partial charge in [-0.2, -0.15) is 0 Å². The van der Waals surface area contributed by atoms with Crippen LogP contribution in [-0.4, -0.2) is 45.5 Å². The molecule has 0 saturated carbocycles. The summed E-state index contributed by atoms with van der Waals surface area (Å²) in [4.78, 5) is 6.23. The van der Waals surface area contributed by atoms with Crippen LogP contribution in [0.15, 0.2) is 47.1 Å². The van der Waals surface area contributed by atoms with E-state index in [9.17, 15) is 8.42 Å². The number of hydrogen-bond donors (Lipinski definition) is 1. The van der Waals surface area contributed by atoms with E-state index in [4.69, 9.17) is 4.74 Å². The van der Waals surface area contributed by atoms with Crippen molar-refractivity contribution < 1.29 is 13.2 Å². The molecule has 6 nitrogen and oxygen atoms in total. The Kier molecular flexibility index (Phi) is 7.22. The Labute approximate surface area is 157 Å². The number of benzene rings is 1. The van der Waals surface area contributed by atoms with Crippen molar-refractivity contribution in [2.24, 2.45) is 0 Å². The highest BCUT2D eigenvalue weighted by Crippen LogP contribution is 2.27. The van der Waals surface area contributed by atoms with Crippen LogP contribution in [0.2, 0.25) is 0 Å². The molecular weight excluding hydrogens is 406 g/mol. The Morgan fingerprint density at radius 1 is 1.24 bits per heavy atom. The predicted molar refractivity (Wildman–Crippen MR) is 103 cm³/mol. The van der Waals surface area contributed by atoms with Crippen LogP contribution in [0, 0.1) is 0 Å². The summed E-state index contributed by atoms with van der Waals surface area (Å²) in [6, 6.07) is 10.7. The first-order valence-electron chi connectivity index (χ1n) is 7.83. The predicted octanol–water partition coefficient (Wildman–Crippen LogP) is 3.12. The number of halogens is 1. The van der Waals surface area contributed by atoms with Gasteiger partial charge in [0.15, 0.2) is 0 Å². The molecule has 25 heavy (non-hydrogen) atoms. The molecule has 136 valence electrons. The van der Waals surface area contributed by atoms with Crippen LogP contribution >= 0.6 is 15.9 Å². The van der Waals surface area contributed by atoms with Crippen molar-refractivity contribution >= 4 is 31.6 Å². The SMILES string of the molecule is CN(C)CCCOc1ncc(Br)cc1NS(=O)(=O)Cc1ccccc1. The molecule has 0 atom stereocenters. The summed E-state index contributed by atoms with van der Waals surface area (Å²) in [5, 5.41) is 0. The summed E-state index contributed by atoms with van der Waals surface area (Å²) in [7, 11) is 0.404.